The normalized spacial score (nSPS) is 12.2. The summed E-state index contributed by atoms with van der Waals surface area (Å²) in [5, 5.41) is 13.7. The van der Waals surface area contributed by atoms with Gasteiger partial charge in [0.2, 0.25) is 5.91 Å². The lowest BCUT2D eigenvalue weighted by atomic mass is 10.2. The number of carbonyl (C=O) groups is 1. The number of primary amides is 1. The minimum Gasteiger partial charge on any atom is -0.491 e. The maximum Gasteiger partial charge on any atom is 0.274 e. The van der Waals surface area contributed by atoms with Crippen molar-refractivity contribution in [2.75, 3.05) is 6.61 Å². The first-order chi connectivity index (χ1) is 9.29. The number of nitrogens with zero attached hydrogens (tertiary/aromatic N) is 1. The molecular weight excluding hydrogens is 330 g/mol. The van der Waals surface area contributed by atoms with Crippen LogP contribution in [-0.2, 0) is 4.79 Å². The minimum atomic E-state index is -0.659. The Bertz CT molecular complexity index is 507. The highest BCUT2D eigenvalue weighted by molar-refractivity contribution is 9.10. The molecule has 1 rings (SSSR count). The van der Waals surface area contributed by atoms with Crippen LogP contribution in [0.5, 0.6) is 5.75 Å². The lowest BCUT2D eigenvalue weighted by Gasteiger charge is -2.18. The lowest BCUT2D eigenvalue weighted by molar-refractivity contribution is -0.385. The van der Waals surface area contributed by atoms with Crippen LogP contribution in [0.1, 0.15) is 13.8 Å². The molecule has 3 N–H and O–H groups in total. The zero-order chi connectivity index (χ0) is 15.3. The quantitative estimate of drug-likeness (QED) is 0.576. The van der Waals surface area contributed by atoms with Crippen LogP contribution in [0.25, 0.3) is 0 Å². The molecule has 0 aromatic heterocycles. The van der Waals surface area contributed by atoms with E-state index in [2.05, 4.69) is 21.2 Å². The molecule has 0 bridgehead atoms. The summed E-state index contributed by atoms with van der Waals surface area (Å²) in [5.74, 6) is -0.244. The van der Waals surface area contributed by atoms with E-state index in [4.69, 9.17) is 10.5 Å². The summed E-state index contributed by atoms with van der Waals surface area (Å²) in [6.45, 7) is 3.75. The van der Waals surface area contributed by atoms with E-state index in [9.17, 15) is 14.9 Å². The smallest absolute Gasteiger partial charge is 0.274 e. The highest BCUT2D eigenvalue weighted by Gasteiger charge is 2.18. The van der Waals surface area contributed by atoms with Crippen molar-refractivity contribution in [3.63, 3.8) is 0 Å². The zero-order valence-corrected chi connectivity index (χ0v) is 12.7. The van der Waals surface area contributed by atoms with Crippen molar-refractivity contribution < 1.29 is 14.5 Å². The lowest BCUT2D eigenvalue weighted by Crippen LogP contribution is -2.48. The fraction of sp³-hybridized carbons (Fsp3) is 0.417. The third-order valence-electron chi connectivity index (χ3n) is 2.36. The van der Waals surface area contributed by atoms with Crippen LogP contribution in [0.15, 0.2) is 22.7 Å². The van der Waals surface area contributed by atoms with E-state index in [1.807, 2.05) is 13.8 Å². The number of carbonyl (C=O) groups excluding carboxylic acids is 1. The maximum absolute atomic E-state index is 11.3. The fourth-order valence-corrected chi connectivity index (χ4v) is 1.99. The first-order valence-electron chi connectivity index (χ1n) is 5.92. The summed E-state index contributed by atoms with van der Waals surface area (Å²) in [4.78, 5) is 21.5. The van der Waals surface area contributed by atoms with Crippen LogP contribution in [-0.4, -0.2) is 29.5 Å². The minimum absolute atomic E-state index is 0.00111. The second-order valence-electron chi connectivity index (χ2n) is 4.49. The highest BCUT2D eigenvalue weighted by Crippen LogP contribution is 2.26. The molecule has 1 aromatic rings. The summed E-state index contributed by atoms with van der Waals surface area (Å²) in [7, 11) is 0. The first kappa shape index (κ1) is 16.4. The predicted molar refractivity (Wildman–Crippen MR) is 77.5 cm³/mol. The van der Waals surface area contributed by atoms with Crippen molar-refractivity contribution in [3.8, 4) is 5.75 Å². The molecule has 0 aliphatic carbocycles. The number of halogens is 1. The number of hydrogen-bond acceptors (Lipinski definition) is 5. The Morgan fingerprint density at radius 1 is 1.50 bits per heavy atom. The SMILES string of the molecule is CC(C)NC(COc1cc(Br)cc([N+](=O)[O-])c1)C(N)=O. The molecule has 0 aliphatic rings. The van der Waals surface area contributed by atoms with E-state index in [1.165, 1.54) is 12.1 Å². The van der Waals surface area contributed by atoms with Gasteiger partial charge >= 0.3 is 0 Å². The number of non-ortho nitro benzene ring substituents is 1. The molecule has 110 valence electrons. The Hall–Kier alpha value is -1.67. The number of amides is 1. The molecule has 0 saturated carbocycles. The van der Waals surface area contributed by atoms with Crippen LogP contribution in [0.3, 0.4) is 0 Å². The largest absolute Gasteiger partial charge is 0.491 e. The second-order valence-corrected chi connectivity index (χ2v) is 5.41. The molecule has 0 aliphatic heterocycles. The molecule has 20 heavy (non-hydrogen) atoms. The summed E-state index contributed by atoms with van der Waals surface area (Å²) < 4.78 is 5.93. The number of nitro groups is 1. The van der Waals surface area contributed by atoms with Gasteiger partial charge in [-0.1, -0.05) is 29.8 Å². The van der Waals surface area contributed by atoms with Crippen molar-refractivity contribution in [3.05, 3.63) is 32.8 Å². The summed E-state index contributed by atoms with van der Waals surface area (Å²) in [5.41, 5.74) is 5.16. The molecular formula is C12H16BrN3O4. The molecule has 1 atom stereocenters. The van der Waals surface area contributed by atoms with Crippen molar-refractivity contribution >= 4 is 27.5 Å². The average molecular weight is 346 g/mol. The summed E-state index contributed by atoms with van der Waals surface area (Å²) in [6, 6.07) is 3.64. The predicted octanol–water partition coefficient (Wildman–Crippen LogP) is 1.59. The molecule has 0 heterocycles. The number of nitro benzene ring substituents is 1. The molecule has 1 amide bonds. The Morgan fingerprint density at radius 3 is 2.65 bits per heavy atom. The number of nitrogens with one attached hydrogen (secondary N) is 1. The number of nitrogens with two attached hydrogens (primary N) is 1. The van der Waals surface area contributed by atoms with Gasteiger partial charge in [0.15, 0.2) is 0 Å². The second kappa shape index (κ2) is 7.20. The highest BCUT2D eigenvalue weighted by atomic mass is 79.9. The molecule has 0 fully saturated rings. The molecule has 7 nitrogen and oxygen atoms in total. The van der Waals surface area contributed by atoms with Crippen LogP contribution in [0.4, 0.5) is 5.69 Å². The number of hydrogen-bond donors (Lipinski definition) is 2. The maximum atomic E-state index is 11.3. The Kier molecular flexibility index (Phi) is 5.90. The molecule has 0 radical (unpaired) electrons. The van der Waals surface area contributed by atoms with Gasteiger partial charge in [-0.3, -0.25) is 14.9 Å². The van der Waals surface area contributed by atoms with Crippen LogP contribution in [0.2, 0.25) is 0 Å². The molecule has 1 unspecified atom stereocenters. The number of rotatable bonds is 7. The van der Waals surface area contributed by atoms with E-state index in [0.717, 1.165) is 0 Å². The molecule has 0 spiro atoms. The summed E-state index contributed by atoms with van der Waals surface area (Å²) in [6.07, 6.45) is 0. The van der Waals surface area contributed by atoms with Crippen molar-refractivity contribution in [2.45, 2.75) is 25.9 Å². The van der Waals surface area contributed by atoms with Gasteiger partial charge < -0.3 is 15.8 Å². The van der Waals surface area contributed by atoms with E-state index in [1.54, 1.807) is 6.07 Å². The van der Waals surface area contributed by atoms with Gasteiger partial charge in [-0.15, -0.1) is 0 Å². The fourth-order valence-electron chi connectivity index (χ4n) is 1.53. The van der Waals surface area contributed by atoms with Crippen LogP contribution >= 0.6 is 15.9 Å². The number of benzene rings is 1. The van der Waals surface area contributed by atoms with E-state index < -0.39 is 16.9 Å². The van der Waals surface area contributed by atoms with E-state index in [-0.39, 0.29) is 18.3 Å². The van der Waals surface area contributed by atoms with Crippen molar-refractivity contribution in [1.29, 1.82) is 0 Å². The Labute approximate surface area is 124 Å². The third kappa shape index (κ3) is 5.14. The first-order valence-corrected chi connectivity index (χ1v) is 6.72. The zero-order valence-electron chi connectivity index (χ0n) is 11.1. The van der Waals surface area contributed by atoms with Crippen LogP contribution < -0.4 is 15.8 Å². The van der Waals surface area contributed by atoms with Gasteiger partial charge in [0.05, 0.1) is 11.0 Å². The average Bonchev–Trinajstić information content (AvgIpc) is 2.33. The summed E-state index contributed by atoms with van der Waals surface area (Å²) >= 11 is 3.17. The molecule has 0 saturated heterocycles. The number of ether oxygens (including phenoxy) is 1. The Balaban J connectivity index is 2.77. The topological polar surface area (TPSA) is 107 Å². The van der Waals surface area contributed by atoms with Gasteiger partial charge in [-0.25, -0.2) is 0 Å². The van der Waals surface area contributed by atoms with Gasteiger partial charge in [0, 0.05) is 16.6 Å². The Morgan fingerprint density at radius 2 is 2.15 bits per heavy atom. The van der Waals surface area contributed by atoms with Gasteiger partial charge in [0.25, 0.3) is 5.69 Å². The van der Waals surface area contributed by atoms with Gasteiger partial charge in [-0.05, 0) is 6.07 Å². The standard InChI is InChI=1S/C12H16BrN3O4/c1-7(2)15-11(12(14)17)6-20-10-4-8(13)3-9(5-10)16(18)19/h3-5,7,11,15H,6H2,1-2H3,(H2,14,17). The monoisotopic (exact) mass is 345 g/mol. The van der Waals surface area contributed by atoms with Crippen molar-refractivity contribution in [2.24, 2.45) is 5.73 Å². The van der Waals surface area contributed by atoms with E-state index >= 15 is 0 Å². The van der Waals surface area contributed by atoms with Gasteiger partial charge in [0.1, 0.15) is 18.4 Å². The van der Waals surface area contributed by atoms with Gasteiger partial charge in [-0.2, -0.15) is 0 Å². The molecule has 8 heteroatoms. The molecule has 1 aromatic carbocycles. The third-order valence-corrected chi connectivity index (χ3v) is 2.82. The van der Waals surface area contributed by atoms with Crippen molar-refractivity contribution in [1.82, 2.24) is 5.32 Å². The van der Waals surface area contributed by atoms with E-state index in [0.29, 0.717) is 10.2 Å². The van der Waals surface area contributed by atoms with Crippen LogP contribution in [0, 0.1) is 10.1 Å².